The molecule has 0 saturated heterocycles. The maximum Gasteiger partial charge on any atom is 0.211 e. The van der Waals surface area contributed by atoms with E-state index < -0.39 is 10.0 Å². The van der Waals surface area contributed by atoms with Crippen LogP contribution in [0.15, 0.2) is 34.1 Å². The fourth-order valence-electron chi connectivity index (χ4n) is 1.55. The van der Waals surface area contributed by atoms with Crippen LogP contribution in [-0.4, -0.2) is 14.2 Å². The van der Waals surface area contributed by atoms with Crippen molar-refractivity contribution >= 4 is 21.4 Å². The Morgan fingerprint density at radius 2 is 2.17 bits per heavy atom. The van der Waals surface area contributed by atoms with Gasteiger partial charge in [0.05, 0.1) is 17.2 Å². The molecule has 0 atom stereocenters. The quantitative estimate of drug-likeness (QED) is 0.888. The number of sulfonamides is 1. The van der Waals surface area contributed by atoms with Gasteiger partial charge in [-0.2, -0.15) is 0 Å². The van der Waals surface area contributed by atoms with E-state index >= 15 is 0 Å². The number of hydrogen-bond acceptors (Lipinski definition) is 4. The van der Waals surface area contributed by atoms with Gasteiger partial charge in [0.15, 0.2) is 0 Å². The van der Waals surface area contributed by atoms with Gasteiger partial charge < -0.3 is 4.42 Å². The summed E-state index contributed by atoms with van der Waals surface area (Å²) in [5.74, 6) is 1.54. The molecule has 0 aliphatic rings. The van der Waals surface area contributed by atoms with Crippen LogP contribution in [0.4, 0.5) is 0 Å². The van der Waals surface area contributed by atoms with E-state index in [4.69, 9.17) is 4.42 Å². The molecule has 0 aromatic carbocycles. The normalized spacial score (nSPS) is 11.8. The molecule has 0 fully saturated rings. The van der Waals surface area contributed by atoms with Gasteiger partial charge in [0.25, 0.3) is 0 Å². The molecule has 0 radical (unpaired) electrons. The van der Waals surface area contributed by atoms with Crippen LogP contribution in [0.5, 0.6) is 0 Å². The highest BCUT2D eigenvalue weighted by Gasteiger charge is 2.10. The SMILES string of the molecule is CCCS(=O)(=O)NCc1ccc(-c2cccs2)o1. The van der Waals surface area contributed by atoms with E-state index in [-0.39, 0.29) is 12.3 Å². The van der Waals surface area contributed by atoms with Crippen LogP contribution in [0.25, 0.3) is 10.6 Å². The van der Waals surface area contributed by atoms with Crippen LogP contribution < -0.4 is 4.72 Å². The summed E-state index contributed by atoms with van der Waals surface area (Å²) in [6.07, 6.45) is 0.605. The summed E-state index contributed by atoms with van der Waals surface area (Å²) in [6, 6.07) is 7.57. The van der Waals surface area contributed by atoms with E-state index in [2.05, 4.69) is 4.72 Å². The van der Waals surface area contributed by atoms with Gasteiger partial charge in [0, 0.05) is 0 Å². The Bertz CT molecular complexity index is 585. The summed E-state index contributed by atoms with van der Waals surface area (Å²) >= 11 is 1.59. The smallest absolute Gasteiger partial charge is 0.211 e. The third-order valence-electron chi connectivity index (χ3n) is 2.36. The molecule has 0 unspecified atom stereocenters. The third kappa shape index (κ3) is 3.44. The molecule has 2 aromatic rings. The molecule has 1 N–H and O–H groups in total. The molecular weight excluding hydrogens is 270 g/mol. The van der Waals surface area contributed by atoms with Crippen molar-refractivity contribution in [3.63, 3.8) is 0 Å². The van der Waals surface area contributed by atoms with Gasteiger partial charge in [-0.25, -0.2) is 13.1 Å². The summed E-state index contributed by atoms with van der Waals surface area (Å²) in [7, 11) is -3.18. The first-order valence-corrected chi connectivity index (χ1v) is 8.24. The van der Waals surface area contributed by atoms with Crippen molar-refractivity contribution in [1.29, 1.82) is 0 Å². The fourth-order valence-corrected chi connectivity index (χ4v) is 3.28. The zero-order valence-corrected chi connectivity index (χ0v) is 11.7. The predicted molar refractivity (Wildman–Crippen MR) is 72.9 cm³/mol. The van der Waals surface area contributed by atoms with Gasteiger partial charge in [-0.05, 0) is 30.0 Å². The van der Waals surface area contributed by atoms with Gasteiger partial charge in [-0.1, -0.05) is 13.0 Å². The lowest BCUT2D eigenvalue weighted by atomic mass is 10.3. The second-order valence-corrected chi connectivity index (χ2v) is 6.76. The van der Waals surface area contributed by atoms with Crippen LogP contribution >= 0.6 is 11.3 Å². The highest BCUT2D eigenvalue weighted by atomic mass is 32.2. The number of thiophene rings is 1. The first-order valence-electron chi connectivity index (χ1n) is 5.70. The Morgan fingerprint density at radius 1 is 1.33 bits per heavy atom. The average Bonchev–Trinajstić information content (AvgIpc) is 2.97. The Labute approximate surface area is 111 Å². The Kier molecular flexibility index (Phi) is 4.21. The molecule has 2 heterocycles. The molecule has 6 heteroatoms. The Morgan fingerprint density at radius 3 is 2.83 bits per heavy atom. The van der Waals surface area contributed by atoms with Crippen LogP contribution in [-0.2, 0) is 16.6 Å². The molecule has 0 bridgehead atoms. The summed E-state index contributed by atoms with van der Waals surface area (Å²) in [5.41, 5.74) is 0. The first kappa shape index (κ1) is 13.3. The van der Waals surface area contributed by atoms with Gasteiger partial charge >= 0.3 is 0 Å². The second-order valence-electron chi connectivity index (χ2n) is 3.88. The molecule has 2 rings (SSSR count). The minimum Gasteiger partial charge on any atom is -0.459 e. The van der Waals surface area contributed by atoms with Crippen LogP contribution in [0, 0.1) is 0 Å². The van der Waals surface area contributed by atoms with E-state index in [1.54, 1.807) is 17.4 Å². The monoisotopic (exact) mass is 285 g/mol. The molecule has 2 aromatic heterocycles. The van der Waals surface area contributed by atoms with Crippen molar-refractivity contribution in [1.82, 2.24) is 4.72 Å². The second kappa shape index (κ2) is 5.69. The molecule has 0 amide bonds. The zero-order chi connectivity index (χ0) is 13.0. The number of rotatable bonds is 6. The number of nitrogens with one attached hydrogen (secondary N) is 1. The first-order chi connectivity index (χ1) is 8.61. The van der Waals surface area contributed by atoms with Gasteiger partial charge in [0.1, 0.15) is 11.5 Å². The summed E-state index contributed by atoms with van der Waals surface area (Å²) in [5, 5.41) is 1.97. The maximum atomic E-state index is 11.5. The zero-order valence-electron chi connectivity index (χ0n) is 10.0. The van der Waals surface area contributed by atoms with Crippen molar-refractivity contribution in [2.24, 2.45) is 0 Å². The van der Waals surface area contributed by atoms with E-state index in [0.717, 1.165) is 10.6 Å². The third-order valence-corrected chi connectivity index (χ3v) is 4.78. The molecule has 98 valence electrons. The average molecular weight is 285 g/mol. The van der Waals surface area contributed by atoms with Crippen molar-refractivity contribution in [3.8, 4) is 10.6 Å². The minimum absolute atomic E-state index is 0.144. The topological polar surface area (TPSA) is 59.3 Å². The fraction of sp³-hybridized carbons (Fsp3) is 0.333. The van der Waals surface area contributed by atoms with Gasteiger partial charge in [-0.3, -0.25) is 0 Å². The Hall–Kier alpha value is -1.11. The molecule has 0 aliphatic carbocycles. The lowest BCUT2D eigenvalue weighted by Crippen LogP contribution is -2.25. The van der Waals surface area contributed by atoms with E-state index in [0.29, 0.717) is 12.2 Å². The van der Waals surface area contributed by atoms with Crippen molar-refractivity contribution in [3.05, 3.63) is 35.4 Å². The molecule has 0 aliphatic heterocycles. The molecule has 4 nitrogen and oxygen atoms in total. The number of furan rings is 1. The maximum absolute atomic E-state index is 11.5. The summed E-state index contributed by atoms with van der Waals surface area (Å²) in [6.45, 7) is 2.04. The minimum atomic E-state index is -3.18. The van der Waals surface area contributed by atoms with E-state index in [9.17, 15) is 8.42 Å². The summed E-state index contributed by atoms with van der Waals surface area (Å²) in [4.78, 5) is 1.04. The highest BCUT2D eigenvalue weighted by molar-refractivity contribution is 7.89. The van der Waals surface area contributed by atoms with Crippen molar-refractivity contribution in [2.75, 3.05) is 5.75 Å². The summed E-state index contributed by atoms with van der Waals surface area (Å²) < 4.78 is 31.1. The lowest BCUT2D eigenvalue weighted by molar-refractivity contribution is 0.510. The van der Waals surface area contributed by atoms with E-state index in [1.165, 1.54) is 0 Å². The molecule has 0 saturated carbocycles. The van der Waals surface area contributed by atoms with Crippen LogP contribution in [0.1, 0.15) is 19.1 Å². The van der Waals surface area contributed by atoms with Crippen LogP contribution in [0.3, 0.4) is 0 Å². The Balaban J connectivity index is 2.00. The lowest BCUT2D eigenvalue weighted by Gasteiger charge is -2.02. The highest BCUT2D eigenvalue weighted by Crippen LogP contribution is 2.26. The molecule has 0 spiro atoms. The van der Waals surface area contributed by atoms with Crippen molar-refractivity contribution < 1.29 is 12.8 Å². The molecule has 18 heavy (non-hydrogen) atoms. The molecular formula is C12H15NO3S2. The van der Waals surface area contributed by atoms with Crippen LogP contribution in [0.2, 0.25) is 0 Å². The standard InChI is InChI=1S/C12H15NO3S2/c1-2-8-18(14,15)13-9-10-5-6-11(16-10)12-4-3-7-17-12/h3-7,13H,2,8-9H2,1H3. The van der Waals surface area contributed by atoms with E-state index in [1.807, 2.05) is 30.5 Å². The van der Waals surface area contributed by atoms with Gasteiger partial charge in [0.2, 0.25) is 10.0 Å². The van der Waals surface area contributed by atoms with Crippen molar-refractivity contribution in [2.45, 2.75) is 19.9 Å². The number of hydrogen-bond donors (Lipinski definition) is 1. The predicted octanol–water partition coefficient (Wildman–Crippen LogP) is 2.84. The largest absolute Gasteiger partial charge is 0.459 e. The van der Waals surface area contributed by atoms with Gasteiger partial charge in [-0.15, -0.1) is 11.3 Å².